The first-order valence-electron chi connectivity index (χ1n) is 6.28. The molecule has 3 rings (SSSR count). The van der Waals surface area contributed by atoms with E-state index in [1.54, 1.807) is 12.1 Å². The zero-order valence-electron chi connectivity index (χ0n) is 11.0. The van der Waals surface area contributed by atoms with Crippen molar-refractivity contribution in [1.29, 1.82) is 0 Å². The van der Waals surface area contributed by atoms with Crippen LogP contribution in [-0.4, -0.2) is 10.2 Å². The third kappa shape index (κ3) is 3.22. The Morgan fingerprint density at radius 2 is 1.95 bits per heavy atom. The van der Waals surface area contributed by atoms with Crippen LogP contribution < -0.4 is 10.5 Å². The number of nitrogen functional groups attached to an aromatic ring is 1. The molecule has 0 saturated heterocycles. The zero-order chi connectivity index (χ0) is 14.7. The lowest BCUT2D eigenvalue weighted by Crippen LogP contribution is -1.96. The van der Waals surface area contributed by atoms with Crippen molar-refractivity contribution in [2.45, 2.75) is 6.61 Å². The average Bonchev–Trinajstić information content (AvgIpc) is 2.94. The number of anilines is 1. The largest absolute Gasteiger partial charge is 0.484 e. The van der Waals surface area contributed by atoms with Crippen LogP contribution in [0.15, 0.2) is 57.4 Å². The number of aromatic nitrogens is 2. The van der Waals surface area contributed by atoms with E-state index in [-0.39, 0.29) is 6.61 Å². The summed E-state index contributed by atoms with van der Waals surface area (Å²) in [6.45, 7) is 0.195. The molecule has 2 aromatic carbocycles. The van der Waals surface area contributed by atoms with Gasteiger partial charge in [0.15, 0.2) is 6.61 Å². The van der Waals surface area contributed by atoms with Gasteiger partial charge in [0.1, 0.15) is 5.75 Å². The summed E-state index contributed by atoms with van der Waals surface area (Å²) in [5.41, 5.74) is 7.18. The fourth-order valence-electron chi connectivity index (χ4n) is 1.80. The molecule has 1 heterocycles. The molecular weight excluding hydrogens is 334 g/mol. The molecule has 106 valence electrons. The Bertz CT molecular complexity index is 758. The van der Waals surface area contributed by atoms with Gasteiger partial charge in [0.05, 0.1) is 5.56 Å². The minimum absolute atomic E-state index is 0.195. The fraction of sp³-hybridized carbons (Fsp3) is 0.0667. The van der Waals surface area contributed by atoms with Gasteiger partial charge in [-0.2, -0.15) is 0 Å². The van der Waals surface area contributed by atoms with Crippen LogP contribution in [0, 0.1) is 0 Å². The molecular formula is C15H12BrN3O2. The minimum Gasteiger partial charge on any atom is -0.484 e. The van der Waals surface area contributed by atoms with Crippen LogP contribution >= 0.6 is 15.9 Å². The Hall–Kier alpha value is -2.34. The van der Waals surface area contributed by atoms with Crippen LogP contribution in [0.2, 0.25) is 0 Å². The smallest absolute Gasteiger partial charge is 0.254 e. The Morgan fingerprint density at radius 1 is 1.10 bits per heavy atom. The SMILES string of the molecule is Nc1cccc(OCc2nnc(-c3ccccc3Br)o2)c1. The highest BCUT2D eigenvalue weighted by Gasteiger charge is 2.11. The highest BCUT2D eigenvalue weighted by atomic mass is 79.9. The lowest BCUT2D eigenvalue weighted by Gasteiger charge is -2.03. The summed E-state index contributed by atoms with van der Waals surface area (Å²) in [6, 6.07) is 14.8. The summed E-state index contributed by atoms with van der Waals surface area (Å²) in [5.74, 6) is 1.52. The topological polar surface area (TPSA) is 74.2 Å². The molecule has 0 unspecified atom stereocenters. The molecule has 0 aliphatic heterocycles. The maximum atomic E-state index is 5.69. The molecule has 0 aliphatic rings. The molecule has 5 nitrogen and oxygen atoms in total. The van der Waals surface area contributed by atoms with Crippen molar-refractivity contribution < 1.29 is 9.15 Å². The van der Waals surface area contributed by atoms with Gasteiger partial charge >= 0.3 is 0 Å². The molecule has 1 aromatic heterocycles. The molecule has 3 aromatic rings. The number of benzene rings is 2. The third-order valence-electron chi connectivity index (χ3n) is 2.79. The molecule has 2 N–H and O–H groups in total. The average molecular weight is 346 g/mol. The highest BCUT2D eigenvalue weighted by molar-refractivity contribution is 9.10. The Kier molecular flexibility index (Phi) is 3.87. The third-order valence-corrected chi connectivity index (χ3v) is 3.48. The predicted octanol–water partition coefficient (Wildman–Crippen LogP) is 3.66. The number of hydrogen-bond acceptors (Lipinski definition) is 5. The molecule has 0 saturated carbocycles. The maximum absolute atomic E-state index is 5.69. The lowest BCUT2D eigenvalue weighted by molar-refractivity contribution is 0.264. The second-order valence-corrected chi connectivity index (χ2v) is 5.20. The van der Waals surface area contributed by atoms with Gasteiger partial charge in [0, 0.05) is 16.2 Å². The van der Waals surface area contributed by atoms with Gasteiger partial charge in [-0.3, -0.25) is 0 Å². The van der Waals surface area contributed by atoms with Crippen molar-refractivity contribution in [3.63, 3.8) is 0 Å². The molecule has 0 aliphatic carbocycles. The summed E-state index contributed by atoms with van der Waals surface area (Å²) in [5, 5.41) is 8.00. The second-order valence-electron chi connectivity index (χ2n) is 4.34. The van der Waals surface area contributed by atoms with Gasteiger partial charge < -0.3 is 14.9 Å². The van der Waals surface area contributed by atoms with Crippen molar-refractivity contribution in [1.82, 2.24) is 10.2 Å². The standard InChI is InChI=1S/C15H12BrN3O2/c16-13-7-2-1-6-12(13)15-19-18-14(21-15)9-20-11-5-3-4-10(17)8-11/h1-8H,9,17H2. The van der Waals surface area contributed by atoms with Crippen molar-refractivity contribution >= 4 is 21.6 Å². The number of halogens is 1. The van der Waals surface area contributed by atoms with E-state index in [1.807, 2.05) is 36.4 Å². The van der Waals surface area contributed by atoms with Crippen LogP contribution in [-0.2, 0) is 6.61 Å². The van der Waals surface area contributed by atoms with Gasteiger partial charge in [-0.1, -0.05) is 18.2 Å². The summed E-state index contributed by atoms with van der Waals surface area (Å²) in [7, 11) is 0. The molecule has 0 radical (unpaired) electrons. The maximum Gasteiger partial charge on any atom is 0.254 e. The Labute approximate surface area is 129 Å². The van der Waals surface area contributed by atoms with Crippen LogP contribution in [0.3, 0.4) is 0 Å². The van der Waals surface area contributed by atoms with E-state index >= 15 is 0 Å². The minimum atomic E-state index is 0.195. The van der Waals surface area contributed by atoms with Gasteiger partial charge in [0.2, 0.25) is 5.89 Å². The quantitative estimate of drug-likeness (QED) is 0.730. The number of rotatable bonds is 4. The molecule has 0 fully saturated rings. The van der Waals surface area contributed by atoms with Gasteiger partial charge in [0.25, 0.3) is 5.89 Å². The van der Waals surface area contributed by atoms with Gasteiger partial charge in [-0.25, -0.2) is 0 Å². The molecule has 0 atom stereocenters. The van der Waals surface area contributed by atoms with E-state index in [1.165, 1.54) is 0 Å². The molecule has 0 spiro atoms. The van der Waals surface area contributed by atoms with E-state index in [9.17, 15) is 0 Å². The zero-order valence-corrected chi connectivity index (χ0v) is 12.6. The first-order valence-corrected chi connectivity index (χ1v) is 7.07. The van der Waals surface area contributed by atoms with E-state index in [0.717, 1.165) is 10.0 Å². The second kappa shape index (κ2) is 5.97. The van der Waals surface area contributed by atoms with Crippen molar-refractivity contribution in [2.75, 3.05) is 5.73 Å². The summed E-state index contributed by atoms with van der Waals surface area (Å²) in [6.07, 6.45) is 0. The molecule has 21 heavy (non-hydrogen) atoms. The van der Waals surface area contributed by atoms with E-state index < -0.39 is 0 Å². The van der Waals surface area contributed by atoms with Crippen LogP contribution in [0.4, 0.5) is 5.69 Å². The normalized spacial score (nSPS) is 10.5. The van der Waals surface area contributed by atoms with Crippen LogP contribution in [0.25, 0.3) is 11.5 Å². The summed E-state index contributed by atoms with van der Waals surface area (Å²) < 4.78 is 12.1. The fourth-order valence-corrected chi connectivity index (χ4v) is 2.26. The van der Waals surface area contributed by atoms with Crippen molar-refractivity contribution in [3.8, 4) is 17.2 Å². The van der Waals surface area contributed by atoms with Crippen molar-refractivity contribution in [2.24, 2.45) is 0 Å². The first-order chi connectivity index (χ1) is 10.2. The van der Waals surface area contributed by atoms with E-state index in [4.69, 9.17) is 14.9 Å². The molecule has 0 amide bonds. The van der Waals surface area contributed by atoms with Crippen molar-refractivity contribution in [3.05, 3.63) is 58.9 Å². The van der Waals surface area contributed by atoms with Gasteiger partial charge in [-0.15, -0.1) is 10.2 Å². The Balaban J connectivity index is 1.72. The number of hydrogen-bond donors (Lipinski definition) is 1. The van der Waals surface area contributed by atoms with Crippen LogP contribution in [0.1, 0.15) is 5.89 Å². The summed E-state index contributed by atoms with van der Waals surface area (Å²) >= 11 is 3.45. The highest BCUT2D eigenvalue weighted by Crippen LogP contribution is 2.26. The lowest BCUT2D eigenvalue weighted by atomic mass is 10.2. The molecule has 0 bridgehead atoms. The number of ether oxygens (including phenoxy) is 1. The number of nitrogens with two attached hydrogens (primary N) is 1. The number of nitrogens with zero attached hydrogens (tertiary/aromatic N) is 2. The van der Waals surface area contributed by atoms with Crippen LogP contribution in [0.5, 0.6) is 5.75 Å². The monoisotopic (exact) mass is 345 g/mol. The first kappa shape index (κ1) is 13.6. The van der Waals surface area contributed by atoms with Gasteiger partial charge in [-0.05, 0) is 40.2 Å². The van der Waals surface area contributed by atoms with E-state index in [2.05, 4.69) is 26.1 Å². The molecule has 6 heteroatoms. The summed E-state index contributed by atoms with van der Waals surface area (Å²) in [4.78, 5) is 0. The Morgan fingerprint density at radius 3 is 2.76 bits per heavy atom. The predicted molar refractivity (Wildman–Crippen MR) is 82.6 cm³/mol. The van der Waals surface area contributed by atoms with E-state index in [0.29, 0.717) is 23.2 Å².